The molecule has 0 N–H and O–H groups in total. The molecule has 1 aromatic rings. The molecule has 0 spiro atoms. The van der Waals surface area contributed by atoms with Gasteiger partial charge in [0, 0.05) is 24.7 Å². The standard InChI is InChI=1S/C16H23N/c1-13(2)15-12-17(11-10-16(15,3)4)14-8-6-5-7-9-14/h5-9,15H,1,10-12H2,2-4H3. The number of hydrogen-bond acceptors (Lipinski definition) is 1. The molecule has 0 aromatic heterocycles. The summed E-state index contributed by atoms with van der Waals surface area (Å²) in [5, 5.41) is 0. The van der Waals surface area contributed by atoms with E-state index in [2.05, 4.69) is 62.6 Å². The van der Waals surface area contributed by atoms with E-state index < -0.39 is 0 Å². The molecule has 1 fully saturated rings. The first-order chi connectivity index (χ1) is 8.00. The summed E-state index contributed by atoms with van der Waals surface area (Å²) in [5.74, 6) is 0.594. The Balaban J connectivity index is 2.18. The summed E-state index contributed by atoms with van der Waals surface area (Å²) in [5.41, 5.74) is 3.04. The molecule has 1 heterocycles. The monoisotopic (exact) mass is 229 g/mol. The molecular weight excluding hydrogens is 206 g/mol. The first-order valence-corrected chi connectivity index (χ1v) is 6.46. The molecule has 0 aliphatic carbocycles. The average Bonchev–Trinajstić information content (AvgIpc) is 2.29. The van der Waals surface area contributed by atoms with Crippen molar-refractivity contribution in [3.05, 3.63) is 42.5 Å². The van der Waals surface area contributed by atoms with Crippen molar-refractivity contribution in [2.45, 2.75) is 27.2 Å². The van der Waals surface area contributed by atoms with E-state index in [1.54, 1.807) is 0 Å². The number of anilines is 1. The van der Waals surface area contributed by atoms with Gasteiger partial charge in [0.25, 0.3) is 0 Å². The molecule has 1 nitrogen and oxygen atoms in total. The summed E-state index contributed by atoms with van der Waals surface area (Å²) in [4.78, 5) is 2.49. The van der Waals surface area contributed by atoms with E-state index in [9.17, 15) is 0 Å². The van der Waals surface area contributed by atoms with Gasteiger partial charge in [-0.2, -0.15) is 0 Å². The first kappa shape index (κ1) is 12.2. The van der Waals surface area contributed by atoms with Gasteiger partial charge in [-0.1, -0.05) is 44.2 Å². The van der Waals surface area contributed by atoms with Crippen LogP contribution in [0.3, 0.4) is 0 Å². The molecule has 1 heteroatoms. The lowest BCUT2D eigenvalue weighted by Crippen LogP contribution is -2.45. The molecule has 1 unspecified atom stereocenters. The van der Waals surface area contributed by atoms with Crippen LogP contribution in [0.25, 0.3) is 0 Å². The minimum Gasteiger partial charge on any atom is -0.371 e. The van der Waals surface area contributed by atoms with Crippen LogP contribution in [-0.4, -0.2) is 13.1 Å². The molecule has 1 atom stereocenters. The van der Waals surface area contributed by atoms with Crippen molar-refractivity contribution in [3.63, 3.8) is 0 Å². The van der Waals surface area contributed by atoms with Crippen LogP contribution >= 0.6 is 0 Å². The summed E-state index contributed by atoms with van der Waals surface area (Å²) >= 11 is 0. The molecule has 0 radical (unpaired) electrons. The molecule has 1 aliphatic heterocycles. The predicted octanol–water partition coefficient (Wildman–Crippen LogP) is 4.12. The largest absolute Gasteiger partial charge is 0.371 e. The zero-order chi connectivity index (χ0) is 12.5. The van der Waals surface area contributed by atoms with Crippen molar-refractivity contribution in [2.24, 2.45) is 11.3 Å². The second kappa shape index (κ2) is 4.56. The highest BCUT2D eigenvalue weighted by atomic mass is 15.1. The van der Waals surface area contributed by atoms with E-state index in [0.717, 1.165) is 13.1 Å². The molecule has 0 saturated carbocycles. The lowest BCUT2D eigenvalue weighted by molar-refractivity contribution is 0.202. The van der Waals surface area contributed by atoms with Crippen molar-refractivity contribution >= 4 is 5.69 Å². The lowest BCUT2D eigenvalue weighted by Gasteiger charge is -2.45. The Morgan fingerprint density at radius 2 is 1.94 bits per heavy atom. The van der Waals surface area contributed by atoms with Crippen molar-refractivity contribution in [1.29, 1.82) is 0 Å². The summed E-state index contributed by atoms with van der Waals surface area (Å²) in [7, 11) is 0. The lowest BCUT2D eigenvalue weighted by atomic mass is 9.70. The van der Waals surface area contributed by atoms with Gasteiger partial charge in [-0.25, -0.2) is 0 Å². The summed E-state index contributed by atoms with van der Waals surface area (Å²) < 4.78 is 0. The Bertz CT molecular complexity index is 391. The minimum absolute atomic E-state index is 0.386. The van der Waals surface area contributed by atoms with Crippen LogP contribution in [0.15, 0.2) is 42.5 Å². The quantitative estimate of drug-likeness (QED) is 0.690. The molecule has 1 aromatic carbocycles. The third-order valence-electron chi connectivity index (χ3n) is 4.09. The van der Waals surface area contributed by atoms with Gasteiger partial charge in [-0.15, -0.1) is 0 Å². The molecular formula is C16H23N. The van der Waals surface area contributed by atoms with Crippen LogP contribution in [0.4, 0.5) is 5.69 Å². The van der Waals surface area contributed by atoms with E-state index in [1.165, 1.54) is 17.7 Å². The Kier molecular flexibility index (Phi) is 3.28. The predicted molar refractivity (Wildman–Crippen MR) is 75.4 cm³/mol. The Hall–Kier alpha value is -1.24. The molecule has 2 rings (SSSR count). The van der Waals surface area contributed by atoms with Gasteiger partial charge in [0.15, 0.2) is 0 Å². The van der Waals surface area contributed by atoms with Crippen LogP contribution in [0.5, 0.6) is 0 Å². The number of para-hydroxylation sites is 1. The van der Waals surface area contributed by atoms with Crippen LogP contribution < -0.4 is 4.90 Å². The SMILES string of the molecule is C=C(C)C1CN(c2ccccc2)CCC1(C)C. The highest BCUT2D eigenvalue weighted by molar-refractivity contribution is 5.47. The van der Waals surface area contributed by atoms with Crippen molar-refractivity contribution in [1.82, 2.24) is 0 Å². The maximum Gasteiger partial charge on any atom is 0.0366 e. The van der Waals surface area contributed by atoms with Crippen molar-refractivity contribution in [3.8, 4) is 0 Å². The maximum absolute atomic E-state index is 4.18. The fraction of sp³-hybridized carbons (Fsp3) is 0.500. The second-order valence-corrected chi connectivity index (χ2v) is 5.92. The summed E-state index contributed by atoms with van der Waals surface area (Å²) in [6.45, 7) is 13.3. The number of hydrogen-bond donors (Lipinski definition) is 0. The molecule has 17 heavy (non-hydrogen) atoms. The highest BCUT2D eigenvalue weighted by Crippen LogP contribution is 2.40. The second-order valence-electron chi connectivity index (χ2n) is 5.92. The molecule has 0 amide bonds. The third kappa shape index (κ3) is 2.54. The molecule has 1 saturated heterocycles. The van der Waals surface area contributed by atoms with Crippen molar-refractivity contribution < 1.29 is 0 Å². The fourth-order valence-electron chi connectivity index (χ4n) is 2.85. The van der Waals surface area contributed by atoms with Crippen LogP contribution in [-0.2, 0) is 0 Å². The fourth-order valence-corrected chi connectivity index (χ4v) is 2.85. The van der Waals surface area contributed by atoms with Crippen LogP contribution in [0.2, 0.25) is 0 Å². The third-order valence-corrected chi connectivity index (χ3v) is 4.09. The molecule has 1 aliphatic rings. The van der Waals surface area contributed by atoms with Crippen LogP contribution in [0.1, 0.15) is 27.2 Å². The zero-order valence-electron chi connectivity index (χ0n) is 11.2. The van der Waals surface area contributed by atoms with Gasteiger partial charge >= 0.3 is 0 Å². The number of rotatable bonds is 2. The molecule has 0 bridgehead atoms. The molecule has 92 valence electrons. The highest BCUT2D eigenvalue weighted by Gasteiger charge is 2.35. The summed E-state index contributed by atoms with van der Waals surface area (Å²) in [6.07, 6.45) is 1.24. The zero-order valence-corrected chi connectivity index (χ0v) is 11.2. The van der Waals surface area contributed by atoms with Crippen LogP contribution in [0, 0.1) is 11.3 Å². The summed E-state index contributed by atoms with van der Waals surface area (Å²) in [6, 6.07) is 10.7. The maximum atomic E-state index is 4.18. The van der Waals surface area contributed by atoms with Gasteiger partial charge in [0.05, 0.1) is 0 Å². The minimum atomic E-state index is 0.386. The smallest absolute Gasteiger partial charge is 0.0366 e. The first-order valence-electron chi connectivity index (χ1n) is 6.46. The Morgan fingerprint density at radius 1 is 1.29 bits per heavy atom. The van der Waals surface area contributed by atoms with E-state index in [-0.39, 0.29) is 0 Å². The normalized spacial score (nSPS) is 23.5. The topological polar surface area (TPSA) is 3.24 Å². The van der Waals surface area contributed by atoms with Gasteiger partial charge in [0.2, 0.25) is 0 Å². The van der Waals surface area contributed by atoms with E-state index in [4.69, 9.17) is 0 Å². The number of benzene rings is 1. The number of nitrogens with zero attached hydrogens (tertiary/aromatic N) is 1. The van der Waals surface area contributed by atoms with Gasteiger partial charge in [-0.05, 0) is 30.9 Å². The Labute approximate surface area is 105 Å². The average molecular weight is 229 g/mol. The van der Waals surface area contributed by atoms with Gasteiger partial charge in [-0.3, -0.25) is 0 Å². The van der Waals surface area contributed by atoms with E-state index in [1.807, 2.05) is 0 Å². The number of piperidine rings is 1. The van der Waals surface area contributed by atoms with Gasteiger partial charge in [0.1, 0.15) is 0 Å². The van der Waals surface area contributed by atoms with E-state index in [0.29, 0.717) is 11.3 Å². The van der Waals surface area contributed by atoms with Crippen molar-refractivity contribution in [2.75, 3.05) is 18.0 Å². The van der Waals surface area contributed by atoms with E-state index >= 15 is 0 Å². The Morgan fingerprint density at radius 3 is 2.53 bits per heavy atom. The van der Waals surface area contributed by atoms with Gasteiger partial charge < -0.3 is 4.90 Å².